The topological polar surface area (TPSA) is 0 Å². The van der Waals surface area contributed by atoms with Gasteiger partial charge in [-0.25, -0.2) is 8.78 Å². The lowest BCUT2D eigenvalue weighted by Crippen LogP contribution is -1.99. The molecule has 1 aromatic carbocycles. The van der Waals surface area contributed by atoms with E-state index in [4.69, 9.17) is 0 Å². The second-order valence-electron chi connectivity index (χ2n) is 4.27. The van der Waals surface area contributed by atoms with Crippen molar-refractivity contribution in [1.29, 1.82) is 0 Å². The average molecular weight is 238 g/mol. The first kappa shape index (κ1) is 13.9. The smallest absolute Gasteiger partial charge is 0.159 e. The van der Waals surface area contributed by atoms with Crippen molar-refractivity contribution in [3.05, 3.63) is 47.5 Å². The van der Waals surface area contributed by atoms with Crippen LogP contribution < -0.4 is 0 Å². The molecular formula is C15H20F2. The molecule has 1 unspecified atom stereocenters. The first-order valence-corrected chi connectivity index (χ1v) is 6.29. The van der Waals surface area contributed by atoms with Crippen LogP contribution in [0.2, 0.25) is 0 Å². The number of rotatable bonds is 6. The molecule has 2 heteroatoms. The highest BCUT2D eigenvalue weighted by Gasteiger charge is 2.11. The Bertz CT molecular complexity index is 369. The molecule has 0 bridgehead atoms. The summed E-state index contributed by atoms with van der Waals surface area (Å²) in [5, 5.41) is 0. The third kappa shape index (κ3) is 4.29. The van der Waals surface area contributed by atoms with E-state index in [0.717, 1.165) is 31.2 Å². The van der Waals surface area contributed by atoms with E-state index in [1.54, 1.807) is 6.07 Å². The van der Waals surface area contributed by atoms with Crippen LogP contribution in [0, 0.1) is 11.6 Å². The summed E-state index contributed by atoms with van der Waals surface area (Å²) >= 11 is 0. The van der Waals surface area contributed by atoms with Crippen LogP contribution in [0.15, 0.2) is 30.4 Å². The van der Waals surface area contributed by atoms with Crippen molar-refractivity contribution >= 4 is 0 Å². The molecule has 0 spiro atoms. The van der Waals surface area contributed by atoms with E-state index in [1.165, 1.54) is 12.1 Å². The van der Waals surface area contributed by atoms with Crippen LogP contribution in [0.1, 0.15) is 51.0 Å². The molecule has 17 heavy (non-hydrogen) atoms. The number of halogens is 2. The SMILES string of the molecule is CC/C=C\CC(CCC)c1ccc(F)c(F)c1. The van der Waals surface area contributed by atoms with Gasteiger partial charge in [-0.15, -0.1) is 0 Å². The standard InChI is InChI=1S/C15H20F2/c1-3-5-6-8-12(7-4-2)13-9-10-14(16)15(17)11-13/h5-6,9-12H,3-4,7-8H2,1-2H3/b6-5-. The molecule has 0 radical (unpaired) electrons. The molecule has 0 saturated carbocycles. The van der Waals surface area contributed by atoms with Gasteiger partial charge in [-0.2, -0.15) is 0 Å². The number of benzene rings is 1. The van der Waals surface area contributed by atoms with Crippen molar-refractivity contribution in [2.24, 2.45) is 0 Å². The van der Waals surface area contributed by atoms with Gasteiger partial charge < -0.3 is 0 Å². The molecule has 0 aliphatic rings. The first-order valence-electron chi connectivity index (χ1n) is 6.29. The Balaban J connectivity index is 2.81. The van der Waals surface area contributed by atoms with Gasteiger partial charge in [0.15, 0.2) is 11.6 Å². The van der Waals surface area contributed by atoms with E-state index in [0.29, 0.717) is 0 Å². The van der Waals surface area contributed by atoms with Crippen LogP contribution in [0.4, 0.5) is 8.78 Å². The van der Waals surface area contributed by atoms with E-state index in [2.05, 4.69) is 26.0 Å². The normalized spacial score (nSPS) is 13.2. The number of allylic oxidation sites excluding steroid dienone is 2. The van der Waals surface area contributed by atoms with Crippen molar-refractivity contribution in [3.8, 4) is 0 Å². The minimum Gasteiger partial charge on any atom is -0.204 e. The third-order valence-corrected chi connectivity index (χ3v) is 2.88. The van der Waals surface area contributed by atoms with Gasteiger partial charge in [-0.05, 0) is 42.9 Å². The van der Waals surface area contributed by atoms with Crippen LogP contribution >= 0.6 is 0 Å². The van der Waals surface area contributed by atoms with Gasteiger partial charge in [-0.3, -0.25) is 0 Å². The van der Waals surface area contributed by atoms with Gasteiger partial charge in [-0.1, -0.05) is 38.5 Å². The highest BCUT2D eigenvalue weighted by Crippen LogP contribution is 2.26. The molecule has 0 heterocycles. The Morgan fingerprint density at radius 1 is 1.12 bits per heavy atom. The quantitative estimate of drug-likeness (QED) is 0.597. The van der Waals surface area contributed by atoms with Crippen LogP contribution in [0.3, 0.4) is 0 Å². The summed E-state index contributed by atoms with van der Waals surface area (Å²) in [6.45, 7) is 4.19. The number of hydrogen-bond donors (Lipinski definition) is 0. The zero-order valence-corrected chi connectivity index (χ0v) is 10.5. The van der Waals surface area contributed by atoms with Crippen LogP contribution in [-0.4, -0.2) is 0 Å². The summed E-state index contributed by atoms with van der Waals surface area (Å²) in [5.41, 5.74) is 0.895. The zero-order valence-electron chi connectivity index (χ0n) is 10.5. The van der Waals surface area contributed by atoms with Gasteiger partial charge in [0.25, 0.3) is 0 Å². The molecule has 0 amide bonds. The molecule has 0 aliphatic carbocycles. The summed E-state index contributed by atoms with van der Waals surface area (Å²) in [6.07, 6.45) is 8.19. The highest BCUT2D eigenvalue weighted by molar-refractivity contribution is 5.22. The second kappa shape index (κ2) is 7.21. The van der Waals surface area contributed by atoms with Crippen molar-refractivity contribution in [3.63, 3.8) is 0 Å². The molecule has 1 aromatic rings. The molecule has 0 saturated heterocycles. The largest absolute Gasteiger partial charge is 0.204 e. The Kier molecular flexibility index (Phi) is 5.88. The summed E-state index contributed by atoms with van der Waals surface area (Å²) in [4.78, 5) is 0. The monoisotopic (exact) mass is 238 g/mol. The fraction of sp³-hybridized carbons (Fsp3) is 0.467. The van der Waals surface area contributed by atoms with Crippen molar-refractivity contribution in [2.75, 3.05) is 0 Å². The van der Waals surface area contributed by atoms with Gasteiger partial charge in [0.05, 0.1) is 0 Å². The van der Waals surface area contributed by atoms with E-state index >= 15 is 0 Å². The van der Waals surface area contributed by atoms with Gasteiger partial charge in [0.2, 0.25) is 0 Å². The molecule has 0 N–H and O–H groups in total. The Hall–Kier alpha value is -1.18. The Labute approximate surface area is 102 Å². The van der Waals surface area contributed by atoms with Crippen molar-refractivity contribution in [1.82, 2.24) is 0 Å². The molecule has 0 nitrogen and oxygen atoms in total. The molecule has 0 fully saturated rings. The number of hydrogen-bond acceptors (Lipinski definition) is 0. The van der Waals surface area contributed by atoms with E-state index in [9.17, 15) is 8.78 Å². The molecular weight excluding hydrogens is 218 g/mol. The second-order valence-corrected chi connectivity index (χ2v) is 4.27. The summed E-state index contributed by atoms with van der Waals surface area (Å²) in [6, 6.07) is 4.24. The van der Waals surface area contributed by atoms with Crippen molar-refractivity contribution in [2.45, 2.75) is 45.4 Å². The molecule has 94 valence electrons. The van der Waals surface area contributed by atoms with E-state index in [-0.39, 0.29) is 5.92 Å². The zero-order chi connectivity index (χ0) is 12.7. The van der Waals surface area contributed by atoms with Crippen LogP contribution in [0.25, 0.3) is 0 Å². The van der Waals surface area contributed by atoms with Crippen LogP contribution in [0.5, 0.6) is 0 Å². The minimum absolute atomic E-state index is 0.290. The molecule has 0 aliphatic heterocycles. The predicted octanol–water partition coefficient (Wildman–Crippen LogP) is 5.20. The predicted molar refractivity (Wildman–Crippen MR) is 68.1 cm³/mol. The summed E-state index contributed by atoms with van der Waals surface area (Å²) in [7, 11) is 0. The highest BCUT2D eigenvalue weighted by atomic mass is 19.2. The fourth-order valence-corrected chi connectivity index (χ4v) is 1.96. The lowest BCUT2D eigenvalue weighted by molar-refractivity contribution is 0.503. The lowest BCUT2D eigenvalue weighted by atomic mass is 9.91. The Morgan fingerprint density at radius 3 is 2.47 bits per heavy atom. The Morgan fingerprint density at radius 2 is 1.88 bits per heavy atom. The first-order chi connectivity index (χ1) is 8.19. The lowest BCUT2D eigenvalue weighted by Gasteiger charge is -2.14. The fourth-order valence-electron chi connectivity index (χ4n) is 1.96. The van der Waals surface area contributed by atoms with Crippen LogP contribution in [-0.2, 0) is 0 Å². The minimum atomic E-state index is -0.770. The van der Waals surface area contributed by atoms with Crippen molar-refractivity contribution < 1.29 is 8.78 Å². The maximum atomic E-state index is 13.2. The average Bonchev–Trinajstić information content (AvgIpc) is 2.32. The molecule has 0 aromatic heterocycles. The van der Waals surface area contributed by atoms with Gasteiger partial charge in [0, 0.05) is 0 Å². The molecule has 1 rings (SSSR count). The third-order valence-electron chi connectivity index (χ3n) is 2.88. The summed E-state index contributed by atoms with van der Waals surface area (Å²) in [5.74, 6) is -1.23. The van der Waals surface area contributed by atoms with E-state index < -0.39 is 11.6 Å². The molecule has 1 atom stereocenters. The maximum Gasteiger partial charge on any atom is 0.159 e. The van der Waals surface area contributed by atoms with E-state index in [1.807, 2.05) is 0 Å². The summed E-state index contributed by atoms with van der Waals surface area (Å²) < 4.78 is 26.0. The van der Waals surface area contributed by atoms with Gasteiger partial charge >= 0.3 is 0 Å². The van der Waals surface area contributed by atoms with Gasteiger partial charge in [0.1, 0.15) is 0 Å². The maximum absolute atomic E-state index is 13.2.